The van der Waals surface area contributed by atoms with Gasteiger partial charge in [0.15, 0.2) is 4.67 Å². The number of furan rings is 1. The minimum absolute atomic E-state index is 0.0463. The van der Waals surface area contributed by atoms with E-state index >= 15 is 0 Å². The lowest BCUT2D eigenvalue weighted by Gasteiger charge is -2.10. The van der Waals surface area contributed by atoms with Crippen LogP contribution in [-0.4, -0.2) is 16.8 Å². The molecule has 0 aliphatic rings. The second-order valence-corrected chi connectivity index (χ2v) is 4.09. The molecule has 80 valence electrons. The van der Waals surface area contributed by atoms with E-state index in [-0.39, 0.29) is 6.04 Å². The lowest BCUT2D eigenvalue weighted by atomic mass is 10.1. The summed E-state index contributed by atoms with van der Waals surface area (Å²) in [5.74, 6) is 0.873. The van der Waals surface area contributed by atoms with Gasteiger partial charge in [0, 0.05) is 18.8 Å². The molecule has 2 aromatic heterocycles. The van der Waals surface area contributed by atoms with E-state index in [4.69, 9.17) is 4.42 Å². The predicted molar refractivity (Wildman–Crippen MR) is 60.5 cm³/mol. The van der Waals surface area contributed by atoms with E-state index in [2.05, 4.69) is 26.3 Å². The van der Waals surface area contributed by atoms with Gasteiger partial charge in [-0.15, -0.1) is 0 Å². The van der Waals surface area contributed by atoms with Crippen LogP contribution in [0.4, 0.5) is 0 Å². The molecule has 0 amide bonds. The van der Waals surface area contributed by atoms with Crippen LogP contribution < -0.4 is 5.32 Å². The van der Waals surface area contributed by atoms with Gasteiger partial charge in [-0.1, -0.05) is 0 Å². The highest BCUT2D eigenvalue weighted by molar-refractivity contribution is 9.10. The normalized spacial score (nSPS) is 13.0. The molecule has 2 rings (SSSR count). The summed E-state index contributed by atoms with van der Waals surface area (Å²) in [6, 6.07) is 3.87. The quantitative estimate of drug-likeness (QED) is 0.928. The Kier molecular flexibility index (Phi) is 2.93. The van der Waals surface area contributed by atoms with Crippen LogP contribution in [0, 0.1) is 0 Å². The Hall–Kier alpha value is -1.07. The molecule has 1 unspecified atom stereocenters. The predicted octanol–water partition coefficient (Wildman–Crippen LogP) is 2.08. The van der Waals surface area contributed by atoms with E-state index in [9.17, 15) is 0 Å². The molecule has 0 aliphatic carbocycles. The zero-order chi connectivity index (χ0) is 10.8. The fourth-order valence-corrected chi connectivity index (χ4v) is 1.86. The van der Waals surface area contributed by atoms with Crippen molar-refractivity contribution in [3.63, 3.8) is 0 Å². The van der Waals surface area contributed by atoms with Gasteiger partial charge in [0.05, 0.1) is 12.2 Å². The Balaban J connectivity index is 2.32. The Morgan fingerprint density at radius 1 is 1.53 bits per heavy atom. The fourth-order valence-electron chi connectivity index (χ4n) is 1.55. The third-order valence-electron chi connectivity index (χ3n) is 2.23. The van der Waals surface area contributed by atoms with E-state index < -0.39 is 0 Å². The maximum atomic E-state index is 5.52. The first-order chi connectivity index (χ1) is 7.20. The van der Waals surface area contributed by atoms with Crippen molar-refractivity contribution < 1.29 is 4.42 Å². The van der Waals surface area contributed by atoms with E-state index in [1.54, 1.807) is 4.68 Å². The van der Waals surface area contributed by atoms with Gasteiger partial charge in [-0.2, -0.15) is 5.10 Å². The minimum atomic E-state index is 0.0463. The van der Waals surface area contributed by atoms with Crippen LogP contribution in [0.25, 0.3) is 0 Å². The van der Waals surface area contributed by atoms with Crippen LogP contribution in [0.5, 0.6) is 0 Å². The van der Waals surface area contributed by atoms with Crippen LogP contribution in [0.15, 0.2) is 33.6 Å². The molecule has 0 spiro atoms. The average Bonchev–Trinajstić information content (AvgIpc) is 2.78. The van der Waals surface area contributed by atoms with Gasteiger partial charge in [-0.3, -0.25) is 4.68 Å². The minimum Gasteiger partial charge on any atom is -0.452 e. The molecule has 1 N–H and O–H groups in total. The molecule has 0 fully saturated rings. The number of hydrogen-bond acceptors (Lipinski definition) is 3. The van der Waals surface area contributed by atoms with Crippen molar-refractivity contribution in [2.45, 2.75) is 6.04 Å². The maximum Gasteiger partial charge on any atom is 0.169 e. The number of aromatic nitrogens is 2. The lowest BCUT2D eigenvalue weighted by Crippen LogP contribution is -2.16. The first-order valence-corrected chi connectivity index (χ1v) is 5.41. The van der Waals surface area contributed by atoms with Gasteiger partial charge in [0.2, 0.25) is 0 Å². The largest absolute Gasteiger partial charge is 0.452 e. The molecular weight excluding hydrogens is 258 g/mol. The van der Waals surface area contributed by atoms with E-state index in [0.29, 0.717) is 0 Å². The van der Waals surface area contributed by atoms with Crippen molar-refractivity contribution in [1.82, 2.24) is 15.1 Å². The SMILES string of the molecule is CNC(c1cnn(C)c1)c1ccc(Br)o1. The topological polar surface area (TPSA) is 43.0 Å². The molecular formula is C10H12BrN3O. The molecule has 0 saturated heterocycles. The average molecular weight is 270 g/mol. The monoisotopic (exact) mass is 269 g/mol. The molecule has 5 heteroatoms. The number of hydrogen-bond donors (Lipinski definition) is 1. The Morgan fingerprint density at radius 2 is 2.33 bits per heavy atom. The van der Waals surface area contributed by atoms with E-state index in [1.165, 1.54) is 0 Å². The Labute approximate surface area is 96.4 Å². The van der Waals surface area contributed by atoms with Crippen molar-refractivity contribution in [3.05, 3.63) is 40.5 Å². The van der Waals surface area contributed by atoms with Crippen molar-refractivity contribution in [2.75, 3.05) is 7.05 Å². The van der Waals surface area contributed by atoms with Crippen LogP contribution >= 0.6 is 15.9 Å². The van der Waals surface area contributed by atoms with Crippen LogP contribution in [-0.2, 0) is 7.05 Å². The van der Waals surface area contributed by atoms with Crippen molar-refractivity contribution in [1.29, 1.82) is 0 Å². The van der Waals surface area contributed by atoms with Gasteiger partial charge in [0.1, 0.15) is 5.76 Å². The number of rotatable bonds is 3. The Morgan fingerprint density at radius 3 is 2.80 bits per heavy atom. The van der Waals surface area contributed by atoms with E-state index in [0.717, 1.165) is 16.0 Å². The van der Waals surface area contributed by atoms with Crippen molar-refractivity contribution >= 4 is 15.9 Å². The van der Waals surface area contributed by atoms with Crippen molar-refractivity contribution in [3.8, 4) is 0 Å². The van der Waals surface area contributed by atoms with Crippen LogP contribution in [0.1, 0.15) is 17.4 Å². The standard InChI is InChI=1S/C10H12BrN3O/c1-12-10(7-5-13-14(2)6-7)8-3-4-9(11)15-8/h3-6,10,12H,1-2H3. The summed E-state index contributed by atoms with van der Waals surface area (Å²) in [5, 5.41) is 7.33. The zero-order valence-electron chi connectivity index (χ0n) is 8.57. The first kappa shape index (κ1) is 10.4. The maximum absolute atomic E-state index is 5.52. The highest BCUT2D eigenvalue weighted by atomic mass is 79.9. The molecule has 0 aromatic carbocycles. The molecule has 0 aliphatic heterocycles. The summed E-state index contributed by atoms with van der Waals surface area (Å²) >= 11 is 3.29. The van der Waals surface area contributed by atoms with Gasteiger partial charge < -0.3 is 9.73 Å². The molecule has 0 bridgehead atoms. The molecule has 0 radical (unpaired) electrons. The summed E-state index contributed by atoms with van der Waals surface area (Å²) in [7, 11) is 3.79. The smallest absolute Gasteiger partial charge is 0.169 e. The number of nitrogens with one attached hydrogen (secondary N) is 1. The molecule has 0 saturated carbocycles. The summed E-state index contributed by atoms with van der Waals surface area (Å²) in [6.07, 6.45) is 3.80. The second kappa shape index (κ2) is 4.20. The van der Waals surface area contributed by atoms with Crippen LogP contribution in [0.3, 0.4) is 0 Å². The van der Waals surface area contributed by atoms with E-state index in [1.807, 2.05) is 38.6 Å². The van der Waals surface area contributed by atoms with Gasteiger partial charge in [-0.25, -0.2) is 0 Å². The highest BCUT2D eigenvalue weighted by Crippen LogP contribution is 2.25. The summed E-state index contributed by atoms with van der Waals surface area (Å²) in [4.78, 5) is 0. The van der Waals surface area contributed by atoms with Crippen molar-refractivity contribution in [2.24, 2.45) is 7.05 Å². The lowest BCUT2D eigenvalue weighted by molar-refractivity contribution is 0.447. The number of nitrogens with zero attached hydrogens (tertiary/aromatic N) is 2. The fraction of sp³-hybridized carbons (Fsp3) is 0.300. The molecule has 4 nitrogen and oxygen atoms in total. The highest BCUT2D eigenvalue weighted by Gasteiger charge is 2.16. The molecule has 2 aromatic rings. The third-order valence-corrected chi connectivity index (χ3v) is 2.65. The second-order valence-electron chi connectivity index (χ2n) is 3.31. The zero-order valence-corrected chi connectivity index (χ0v) is 10.2. The first-order valence-electron chi connectivity index (χ1n) is 4.61. The third kappa shape index (κ3) is 2.13. The number of aryl methyl sites for hydroxylation is 1. The Bertz CT molecular complexity index is 409. The molecule has 15 heavy (non-hydrogen) atoms. The number of halogens is 1. The van der Waals surface area contributed by atoms with Gasteiger partial charge in [0.25, 0.3) is 0 Å². The van der Waals surface area contributed by atoms with Gasteiger partial charge >= 0.3 is 0 Å². The van der Waals surface area contributed by atoms with Crippen LogP contribution in [0.2, 0.25) is 0 Å². The summed E-state index contributed by atoms with van der Waals surface area (Å²) in [6.45, 7) is 0. The molecule has 1 atom stereocenters. The summed E-state index contributed by atoms with van der Waals surface area (Å²) in [5.41, 5.74) is 1.09. The molecule has 2 heterocycles. The van der Waals surface area contributed by atoms with Gasteiger partial charge in [-0.05, 0) is 35.1 Å². The summed E-state index contributed by atoms with van der Waals surface area (Å²) < 4.78 is 8.03.